The largest absolute Gasteiger partial charge is 0.354 e. The summed E-state index contributed by atoms with van der Waals surface area (Å²) in [6.07, 6.45) is 3.60. The highest BCUT2D eigenvalue weighted by atomic mass is 16.2. The Morgan fingerprint density at radius 2 is 1.69 bits per heavy atom. The van der Waals surface area contributed by atoms with E-state index in [0.29, 0.717) is 24.4 Å². The third-order valence-electron chi connectivity index (χ3n) is 4.48. The van der Waals surface area contributed by atoms with Gasteiger partial charge in [-0.15, -0.1) is 0 Å². The van der Waals surface area contributed by atoms with E-state index in [1.165, 1.54) is 6.42 Å². The van der Waals surface area contributed by atoms with Crippen LogP contribution < -0.4 is 10.6 Å². The average Bonchev–Trinajstić information content (AvgIpc) is 2.60. The second-order valence-corrected chi connectivity index (χ2v) is 7.36. The molecule has 0 heterocycles. The summed E-state index contributed by atoms with van der Waals surface area (Å²) in [5, 5.41) is 7.97. The van der Waals surface area contributed by atoms with Crippen LogP contribution in [0.25, 0.3) is 10.8 Å². The van der Waals surface area contributed by atoms with Crippen LogP contribution in [0.3, 0.4) is 0 Å². The van der Waals surface area contributed by atoms with E-state index in [9.17, 15) is 9.59 Å². The van der Waals surface area contributed by atoms with Gasteiger partial charge in [0.25, 0.3) is 5.91 Å². The highest BCUT2D eigenvalue weighted by Crippen LogP contribution is 2.15. The molecular formula is C22H30N2O2. The summed E-state index contributed by atoms with van der Waals surface area (Å²) in [7, 11) is 0. The molecule has 26 heavy (non-hydrogen) atoms. The Hall–Kier alpha value is -2.36. The minimum Gasteiger partial charge on any atom is -0.354 e. The van der Waals surface area contributed by atoms with E-state index in [4.69, 9.17) is 0 Å². The van der Waals surface area contributed by atoms with Crippen molar-refractivity contribution in [3.63, 3.8) is 0 Å². The van der Waals surface area contributed by atoms with Gasteiger partial charge in [-0.1, -0.05) is 57.0 Å². The Morgan fingerprint density at radius 3 is 2.42 bits per heavy atom. The van der Waals surface area contributed by atoms with Crippen molar-refractivity contribution in [2.24, 2.45) is 5.92 Å². The molecule has 0 aliphatic carbocycles. The second kappa shape index (κ2) is 9.95. The topological polar surface area (TPSA) is 58.2 Å². The number of hydrogen-bond acceptors (Lipinski definition) is 2. The lowest BCUT2D eigenvalue weighted by Gasteiger charge is -2.14. The van der Waals surface area contributed by atoms with Crippen molar-refractivity contribution in [2.45, 2.75) is 52.5 Å². The van der Waals surface area contributed by atoms with Crippen LogP contribution in [-0.4, -0.2) is 24.4 Å². The number of benzene rings is 2. The van der Waals surface area contributed by atoms with Gasteiger partial charge in [0.15, 0.2) is 0 Å². The zero-order valence-electron chi connectivity index (χ0n) is 16.0. The average molecular weight is 354 g/mol. The molecule has 0 saturated carbocycles. The number of amides is 2. The van der Waals surface area contributed by atoms with Crippen molar-refractivity contribution in [1.82, 2.24) is 10.6 Å². The number of carbonyl (C=O) groups excluding carboxylic acids is 2. The molecule has 0 aromatic heterocycles. The van der Waals surface area contributed by atoms with Gasteiger partial charge in [-0.3, -0.25) is 9.59 Å². The third kappa shape index (κ3) is 6.51. The standard InChI is InChI=1S/C22H30N2O2/c1-16(2)7-6-8-17(3)24-21(25)13-14-23-22(26)20-12-11-18-9-4-5-10-19(18)15-20/h4-5,9-12,15-17H,6-8,13-14H2,1-3H3,(H,23,26)(H,24,25). The summed E-state index contributed by atoms with van der Waals surface area (Å²) in [6, 6.07) is 13.7. The van der Waals surface area contributed by atoms with E-state index in [0.717, 1.165) is 23.6 Å². The third-order valence-corrected chi connectivity index (χ3v) is 4.48. The zero-order chi connectivity index (χ0) is 18.9. The van der Waals surface area contributed by atoms with E-state index in [2.05, 4.69) is 24.5 Å². The molecule has 4 nitrogen and oxygen atoms in total. The number of nitrogens with one attached hydrogen (secondary N) is 2. The van der Waals surface area contributed by atoms with Gasteiger partial charge in [-0.05, 0) is 42.2 Å². The Labute approximate surface area is 156 Å². The second-order valence-electron chi connectivity index (χ2n) is 7.36. The molecule has 140 valence electrons. The molecule has 2 amide bonds. The molecule has 0 saturated heterocycles. The Bertz CT molecular complexity index is 740. The number of fused-ring (bicyclic) bond motifs is 1. The molecule has 2 aromatic carbocycles. The highest BCUT2D eigenvalue weighted by molar-refractivity contribution is 5.98. The first-order valence-electron chi connectivity index (χ1n) is 9.52. The van der Waals surface area contributed by atoms with Crippen LogP contribution in [-0.2, 0) is 4.79 Å². The molecule has 1 atom stereocenters. The molecule has 2 N–H and O–H groups in total. The van der Waals surface area contributed by atoms with Crippen molar-refractivity contribution < 1.29 is 9.59 Å². The molecule has 2 aromatic rings. The first-order valence-corrected chi connectivity index (χ1v) is 9.52. The fourth-order valence-corrected chi connectivity index (χ4v) is 2.97. The van der Waals surface area contributed by atoms with Crippen molar-refractivity contribution in [1.29, 1.82) is 0 Å². The predicted octanol–water partition coefficient (Wildman–Crippen LogP) is 4.29. The molecule has 4 heteroatoms. The summed E-state index contributed by atoms with van der Waals surface area (Å²) < 4.78 is 0. The maximum atomic E-state index is 12.3. The Balaban J connectivity index is 1.72. The first kappa shape index (κ1) is 20.0. The van der Waals surface area contributed by atoms with Crippen molar-refractivity contribution in [2.75, 3.05) is 6.54 Å². The fourth-order valence-electron chi connectivity index (χ4n) is 2.97. The monoisotopic (exact) mass is 354 g/mol. The SMILES string of the molecule is CC(C)CCCC(C)NC(=O)CCNC(=O)c1ccc2ccccc2c1. The van der Waals surface area contributed by atoms with Gasteiger partial charge in [0.05, 0.1) is 0 Å². The lowest BCUT2D eigenvalue weighted by Crippen LogP contribution is -2.35. The van der Waals surface area contributed by atoms with Crippen molar-refractivity contribution in [3.05, 3.63) is 48.0 Å². The number of rotatable bonds is 9. The number of hydrogen-bond donors (Lipinski definition) is 2. The zero-order valence-corrected chi connectivity index (χ0v) is 16.0. The normalized spacial score (nSPS) is 12.2. The van der Waals surface area contributed by atoms with Crippen LogP contribution in [0.4, 0.5) is 0 Å². The molecule has 1 unspecified atom stereocenters. The maximum absolute atomic E-state index is 12.3. The highest BCUT2D eigenvalue weighted by Gasteiger charge is 2.10. The summed E-state index contributed by atoms with van der Waals surface area (Å²) in [5.41, 5.74) is 0.617. The minimum absolute atomic E-state index is 0.0131. The van der Waals surface area contributed by atoms with Crippen molar-refractivity contribution in [3.8, 4) is 0 Å². The van der Waals surface area contributed by atoms with E-state index in [-0.39, 0.29) is 17.9 Å². The van der Waals surface area contributed by atoms with Crippen LogP contribution in [0.5, 0.6) is 0 Å². The van der Waals surface area contributed by atoms with Crippen LogP contribution in [0.1, 0.15) is 56.8 Å². The van der Waals surface area contributed by atoms with Gasteiger partial charge in [0.1, 0.15) is 0 Å². The van der Waals surface area contributed by atoms with E-state index in [1.807, 2.05) is 49.4 Å². The predicted molar refractivity (Wildman–Crippen MR) is 107 cm³/mol. The quantitative estimate of drug-likeness (QED) is 0.706. The molecule has 0 fully saturated rings. The Morgan fingerprint density at radius 1 is 0.962 bits per heavy atom. The maximum Gasteiger partial charge on any atom is 0.251 e. The molecule has 2 rings (SSSR count). The van der Waals surface area contributed by atoms with Crippen molar-refractivity contribution >= 4 is 22.6 Å². The molecule has 0 aliphatic rings. The van der Waals surface area contributed by atoms with Gasteiger partial charge < -0.3 is 10.6 Å². The van der Waals surface area contributed by atoms with Crippen LogP contribution >= 0.6 is 0 Å². The summed E-state index contributed by atoms with van der Waals surface area (Å²) in [5.74, 6) is 0.539. The van der Waals surface area contributed by atoms with E-state index < -0.39 is 0 Å². The summed E-state index contributed by atoms with van der Waals surface area (Å²) in [4.78, 5) is 24.2. The molecule has 0 aliphatic heterocycles. The van der Waals surface area contributed by atoms with Crippen LogP contribution in [0.15, 0.2) is 42.5 Å². The van der Waals surface area contributed by atoms with E-state index in [1.54, 1.807) is 0 Å². The van der Waals surface area contributed by atoms with E-state index >= 15 is 0 Å². The van der Waals surface area contributed by atoms with Gasteiger partial charge in [0, 0.05) is 24.6 Å². The fraction of sp³-hybridized carbons (Fsp3) is 0.455. The minimum atomic E-state index is -0.145. The summed E-state index contributed by atoms with van der Waals surface area (Å²) in [6.45, 7) is 6.80. The number of carbonyl (C=O) groups is 2. The van der Waals surface area contributed by atoms with Crippen LogP contribution in [0, 0.1) is 5.92 Å². The lowest BCUT2D eigenvalue weighted by atomic mass is 10.0. The Kier molecular flexibility index (Phi) is 7.64. The van der Waals surface area contributed by atoms with Gasteiger partial charge in [0.2, 0.25) is 5.91 Å². The molecule has 0 radical (unpaired) electrons. The molecule has 0 bridgehead atoms. The van der Waals surface area contributed by atoms with Gasteiger partial charge >= 0.3 is 0 Å². The molecule has 0 spiro atoms. The van der Waals surface area contributed by atoms with Gasteiger partial charge in [-0.25, -0.2) is 0 Å². The van der Waals surface area contributed by atoms with Crippen LogP contribution in [0.2, 0.25) is 0 Å². The summed E-state index contributed by atoms with van der Waals surface area (Å²) >= 11 is 0. The smallest absolute Gasteiger partial charge is 0.251 e. The first-order chi connectivity index (χ1) is 12.5. The lowest BCUT2D eigenvalue weighted by molar-refractivity contribution is -0.121. The molecular weight excluding hydrogens is 324 g/mol. The van der Waals surface area contributed by atoms with Gasteiger partial charge in [-0.2, -0.15) is 0 Å².